The van der Waals surface area contributed by atoms with Crippen LogP contribution in [0.15, 0.2) is 41.3 Å². The molecule has 1 atom stereocenters. The van der Waals surface area contributed by atoms with E-state index in [0.717, 1.165) is 11.1 Å². The molecule has 0 fully saturated rings. The molecule has 0 spiro atoms. The predicted octanol–water partition coefficient (Wildman–Crippen LogP) is 3.72. The average molecular weight is 342 g/mol. The highest BCUT2D eigenvalue weighted by atomic mass is 35.5. The van der Waals surface area contributed by atoms with Crippen LogP contribution in [0.25, 0.3) is 10.8 Å². The molecule has 2 N–H and O–H groups in total. The Hall–Kier alpha value is -0.940. The fourth-order valence-corrected chi connectivity index (χ4v) is 2.77. The summed E-state index contributed by atoms with van der Waals surface area (Å²) in [6, 6.07) is 12.6. The first kappa shape index (κ1) is 19.1. The van der Waals surface area contributed by atoms with Crippen molar-refractivity contribution in [2.45, 2.75) is 30.9 Å². The Morgan fingerprint density at radius 3 is 2.45 bits per heavy atom. The van der Waals surface area contributed by atoms with Crippen LogP contribution in [-0.2, 0) is 0 Å². The lowest BCUT2D eigenvalue weighted by atomic mass is 10.1. The summed E-state index contributed by atoms with van der Waals surface area (Å²) in [6.07, 6.45) is 1.57. The second-order valence-corrected chi connectivity index (χ2v) is 6.19. The van der Waals surface area contributed by atoms with Crippen LogP contribution in [0, 0.1) is 0 Å². The molecule has 0 bridgehead atoms. The Kier molecular flexibility index (Phi) is 8.04. The van der Waals surface area contributed by atoms with Gasteiger partial charge in [-0.3, -0.25) is 0 Å². The van der Waals surface area contributed by atoms with Crippen molar-refractivity contribution in [3.63, 3.8) is 0 Å². The van der Waals surface area contributed by atoms with Gasteiger partial charge in [-0.05, 0) is 23.8 Å². The van der Waals surface area contributed by atoms with Gasteiger partial charge < -0.3 is 15.2 Å². The van der Waals surface area contributed by atoms with Gasteiger partial charge in [0.2, 0.25) is 0 Å². The zero-order valence-electron chi connectivity index (χ0n) is 13.2. The molecule has 0 aliphatic rings. The molecule has 0 aliphatic heterocycles. The van der Waals surface area contributed by atoms with E-state index >= 15 is 0 Å². The minimum atomic E-state index is -0.508. The maximum atomic E-state index is 9.94. The largest absolute Gasteiger partial charge is 0.490 e. The molecule has 0 aliphatic carbocycles. The van der Waals surface area contributed by atoms with Crippen LogP contribution in [0.3, 0.4) is 0 Å². The topological polar surface area (TPSA) is 41.5 Å². The molecular formula is C17H24ClNO2S. The first-order chi connectivity index (χ1) is 10.1. The van der Waals surface area contributed by atoms with Crippen molar-refractivity contribution in [2.75, 3.05) is 19.4 Å². The van der Waals surface area contributed by atoms with Gasteiger partial charge in [-0.1, -0.05) is 38.1 Å². The summed E-state index contributed by atoms with van der Waals surface area (Å²) in [5.41, 5.74) is 0. The van der Waals surface area contributed by atoms with Crippen molar-refractivity contribution in [3.8, 4) is 5.75 Å². The number of aliphatic hydroxyl groups is 1. The smallest absolute Gasteiger partial charge is 0.127 e. The lowest BCUT2D eigenvalue weighted by Gasteiger charge is -2.16. The van der Waals surface area contributed by atoms with Gasteiger partial charge in [0.15, 0.2) is 0 Å². The van der Waals surface area contributed by atoms with E-state index in [1.807, 2.05) is 18.2 Å². The number of ether oxygens (including phenoxy) is 1. The van der Waals surface area contributed by atoms with Crippen molar-refractivity contribution in [1.82, 2.24) is 5.32 Å². The van der Waals surface area contributed by atoms with Crippen LogP contribution in [0.4, 0.5) is 0 Å². The normalized spacial score (nSPS) is 12.2. The minimum absolute atomic E-state index is 0. The van der Waals surface area contributed by atoms with Gasteiger partial charge in [0.05, 0.1) is 0 Å². The Morgan fingerprint density at radius 1 is 1.14 bits per heavy atom. The highest BCUT2D eigenvalue weighted by Crippen LogP contribution is 2.32. The zero-order chi connectivity index (χ0) is 15.2. The van der Waals surface area contributed by atoms with Crippen molar-refractivity contribution < 1.29 is 9.84 Å². The Balaban J connectivity index is 0.00000242. The van der Waals surface area contributed by atoms with E-state index in [0.29, 0.717) is 19.2 Å². The SMILES string of the molecule is CSc1ccc(OCC(O)CNC(C)C)c2ccccc12.Cl. The molecule has 0 aromatic heterocycles. The number of hydrogen-bond donors (Lipinski definition) is 2. The van der Waals surface area contributed by atoms with Gasteiger partial charge in [0.1, 0.15) is 18.5 Å². The predicted molar refractivity (Wildman–Crippen MR) is 97.6 cm³/mol. The van der Waals surface area contributed by atoms with Crippen LogP contribution in [0.5, 0.6) is 5.75 Å². The van der Waals surface area contributed by atoms with E-state index < -0.39 is 6.10 Å². The number of nitrogens with one attached hydrogen (secondary N) is 1. The lowest BCUT2D eigenvalue weighted by Crippen LogP contribution is -2.35. The molecule has 0 radical (unpaired) electrons. The van der Waals surface area contributed by atoms with Gasteiger partial charge >= 0.3 is 0 Å². The second-order valence-electron chi connectivity index (χ2n) is 5.34. The summed E-state index contributed by atoms with van der Waals surface area (Å²) in [5.74, 6) is 0.826. The molecule has 122 valence electrons. The molecule has 22 heavy (non-hydrogen) atoms. The summed E-state index contributed by atoms with van der Waals surface area (Å²) in [6.45, 7) is 4.95. The highest BCUT2D eigenvalue weighted by molar-refractivity contribution is 7.98. The zero-order valence-corrected chi connectivity index (χ0v) is 14.8. The molecule has 0 heterocycles. The Bertz CT molecular complexity index is 592. The maximum absolute atomic E-state index is 9.94. The van der Waals surface area contributed by atoms with E-state index in [4.69, 9.17) is 4.74 Å². The third-order valence-electron chi connectivity index (χ3n) is 3.26. The maximum Gasteiger partial charge on any atom is 0.127 e. The molecule has 0 saturated heterocycles. The Labute approximate surface area is 142 Å². The van der Waals surface area contributed by atoms with Gasteiger partial charge in [-0.25, -0.2) is 0 Å². The second kappa shape index (κ2) is 9.26. The van der Waals surface area contributed by atoms with E-state index in [1.165, 1.54) is 10.3 Å². The first-order valence-electron chi connectivity index (χ1n) is 7.21. The third-order valence-corrected chi connectivity index (χ3v) is 4.05. The summed E-state index contributed by atoms with van der Waals surface area (Å²) >= 11 is 1.73. The number of halogens is 1. The number of hydrogen-bond acceptors (Lipinski definition) is 4. The van der Waals surface area contributed by atoms with Gasteiger partial charge in [0, 0.05) is 22.9 Å². The van der Waals surface area contributed by atoms with E-state index in [9.17, 15) is 5.11 Å². The minimum Gasteiger partial charge on any atom is -0.490 e. The van der Waals surface area contributed by atoms with Crippen molar-refractivity contribution in [3.05, 3.63) is 36.4 Å². The summed E-state index contributed by atoms with van der Waals surface area (Å²) in [5, 5.41) is 15.4. The molecule has 2 rings (SSSR count). The van der Waals surface area contributed by atoms with Gasteiger partial charge in [-0.15, -0.1) is 24.2 Å². The van der Waals surface area contributed by atoms with E-state index in [1.54, 1.807) is 11.8 Å². The molecule has 2 aromatic carbocycles. The van der Waals surface area contributed by atoms with Crippen LogP contribution < -0.4 is 10.1 Å². The van der Waals surface area contributed by atoms with Crippen LogP contribution in [-0.4, -0.2) is 36.7 Å². The molecule has 1 unspecified atom stereocenters. The molecule has 0 saturated carbocycles. The van der Waals surface area contributed by atoms with Gasteiger partial charge in [-0.2, -0.15) is 0 Å². The third kappa shape index (κ3) is 5.06. The van der Waals surface area contributed by atoms with E-state index in [2.05, 4.69) is 43.6 Å². The molecule has 0 amide bonds. The van der Waals surface area contributed by atoms with Crippen molar-refractivity contribution in [1.29, 1.82) is 0 Å². The monoisotopic (exact) mass is 341 g/mol. The van der Waals surface area contributed by atoms with E-state index in [-0.39, 0.29) is 12.4 Å². The fraction of sp³-hybridized carbons (Fsp3) is 0.412. The summed E-state index contributed by atoms with van der Waals surface area (Å²) in [7, 11) is 0. The highest BCUT2D eigenvalue weighted by Gasteiger charge is 2.09. The quantitative estimate of drug-likeness (QED) is 0.753. The number of aliphatic hydroxyl groups excluding tert-OH is 1. The number of rotatable bonds is 7. The van der Waals surface area contributed by atoms with Crippen LogP contribution in [0.2, 0.25) is 0 Å². The number of fused-ring (bicyclic) bond motifs is 1. The molecular weight excluding hydrogens is 318 g/mol. The summed E-state index contributed by atoms with van der Waals surface area (Å²) < 4.78 is 5.81. The number of thioether (sulfide) groups is 1. The van der Waals surface area contributed by atoms with Crippen molar-refractivity contribution >= 4 is 34.9 Å². The van der Waals surface area contributed by atoms with Crippen LogP contribution >= 0.6 is 24.2 Å². The van der Waals surface area contributed by atoms with Crippen LogP contribution in [0.1, 0.15) is 13.8 Å². The fourth-order valence-electron chi connectivity index (χ4n) is 2.16. The molecule has 2 aromatic rings. The standard InChI is InChI=1S/C17H23NO2S.ClH/c1-12(2)18-10-13(19)11-20-16-8-9-17(21-3)15-7-5-4-6-14(15)16;/h4-9,12-13,18-19H,10-11H2,1-3H3;1H. The first-order valence-corrected chi connectivity index (χ1v) is 8.44. The van der Waals surface area contributed by atoms with Crippen molar-refractivity contribution in [2.24, 2.45) is 0 Å². The Morgan fingerprint density at radius 2 is 1.82 bits per heavy atom. The van der Waals surface area contributed by atoms with Gasteiger partial charge in [0.25, 0.3) is 0 Å². The summed E-state index contributed by atoms with van der Waals surface area (Å²) in [4.78, 5) is 1.24. The molecule has 5 heteroatoms. The number of benzene rings is 2. The lowest BCUT2D eigenvalue weighted by molar-refractivity contribution is 0.105. The molecule has 3 nitrogen and oxygen atoms in total. The average Bonchev–Trinajstić information content (AvgIpc) is 2.50.